The van der Waals surface area contributed by atoms with Gasteiger partial charge < -0.3 is 0 Å². The normalized spacial score (nSPS) is 14.3. The van der Waals surface area contributed by atoms with E-state index < -0.39 is 5.54 Å². The van der Waals surface area contributed by atoms with Crippen LogP contribution in [0, 0.1) is 0 Å². The smallest absolute Gasteiger partial charge is 0.157 e. The number of halogens is 2. The summed E-state index contributed by atoms with van der Waals surface area (Å²) in [5.74, 6) is 0.165. The molecule has 0 saturated carbocycles. The number of hydrogen-bond donors (Lipinski definition) is 0. The Morgan fingerprint density at radius 3 is 2.05 bits per heavy atom. The zero-order chi connectivity index (χ0) is 15.3. The van der Waals surface area contributed by atoms with Crippen LogP contribution in [0.5, 0.6) is 0 Å². The van der Waals surface area contributed by atoms with Crippen molar-refractivity contribution in [1.82, 2.24) is 4.90 Å². The third-order valence-electron chi connectivity index (χ3n) is 4.15. The summed E-state index contributed by atoms with van der Waals surface area (Å²) in [6, 6.07) is 5.34. The first kappa shape index (κ1) is 17.5. The van der Waals surface area contributed by atoms with Gasteiger partial charge in [-0.1, -0.05) is 50.0 Å². The summed E-state index contributed by atoms with van der Waals surface area (Å²) in [6.45, 7) is 9.91. The van der Waals surface area contributed by atoms with Crippen molar-refractivity contribution in [3.05, 3.63) is 33.8 Å². The highest BCUT2D eigenvalue weighted by Gasteiger charge is 2.36. The van der Waals surface area contributed by atoms with E-state index in [4.69, 9.17) is 23.2 Å². The molecule has 2 nitrogen and oxygen atoms in total. The second-order valence-electron chi connectivity index (χ2n) is 5.10. The van der Waals surface area contributed by atoms with E-state index in [1.165, 1.54) is 0 Å². The van der Waals surface area contributed by atoms with Gasteiger partial charge in [-0.05, 0) is 44.1 Å². The van der Waals surface area contributed by atoms with E-state index in [9.17, 15) is 4.79 Å². The maximum absolute atomic E-state index is 12.8. The molecule has 0 aliphatic rings. The van der Waals surface area contributed by atoms with Crippen LogP contribution in [0.2, 0.25) is 10.0 Å². The summed E-state index contributed by atoms with van der Waals surface area (Å²) in [5.41, 5.74) is 0.263. The quantitative estimate of drug-likeness (QED) is 0.732. The van der Waals surface area contributed by atoms with E-state index in [0.717, 1.165) is 25.1 Å². The van der Waals surface area contributed by atoms with Crippen LogP contribution in [0.1, 0.15) is 39.7 Å². The van der Waals surface area contributed by atoms with Gasteiger partial charge in [0.2, 0.25) is 0 Å². The van der Waals surface area contributed by atoms with Crippen molar-refractivity contribution in [2.45, 2.75) is 46.1 Å². The maximum atomic E-state index is 12.8. The van der Waals surface area contributed by atoms with Gasteiger partial charge >= 0.3 is 0 Å². The highest BCUT2D eigenvalue weighted by molar-refractivity contribution is 6.36. The van der Waals surface area contributed by atoms with Gasteiger partial charge in [0.25, 0.3) is 0 Å². The van der Waals surface area contributed by atoms with E-state index >= 15 is 0 Å². The van der Waals surface area contributed by atoms with Gasteiger partial charge in [0, 0.05) is 16.5 Å². The molecule has 0 aliphatic heterocycles. The Hall–Kier alpha value is -0.570. The average molecular weight is 316 g/mol. The molecule has 112 valence electrons. The van der Waals surface area contributed by atoms with Crippen molar-refractivity contribution in [2.24, 2.45) is 0 Å². The Morgan fingerprint density at radius 1 is 1.15 bits per heavy atom. The Morgan fingerprint density at radius 2 is 1.65 bits per heavy atom. The van der Waals surface area contributed by atoms with E-state index in [1.807, 2.05) is 13.8 Å². The highest BCUT2D eigenvalue weighted by atomic mass is 35.5. The van der Waals surface area contributed by atoms with Crippen molar-refractivity contribution in [3.63, 3.8) is 0 Å². The molecule has 1 aromatic rings. The lowest BCUT2D eigenvalue weighted by Crippen LogP contribution is -2.52. The topological polar surface area (TPSA) is 20.3 Å². The minimum Gasteiger partial charge on any atom is -0.297 e. The Balaban J connectivity index is 3.04. The van der Waals surface area contributed by atoms with Crippen LogP contribution < -0.4 is 0 Å². The Bertz CT molecular complexity index is 451. The molecule has 0 bridgehead atoms. The van der Waals surface area contributed by atoms with Crippen molar-refractivity contribution < 1.29 is 4.79 Å². The third-order valence-corrected chi connectivity index (χ3v) is 4.86. The molecule has 0 amide bonds. The standard InChI is InChI=1S/C16H23Cl2NO/c1-5-16(4,19(6-2)7-3)15(20)11-12-13(17)9-8-10-14(12)18/h8-10H,5-7,11H2,1-4H3. The number of Topliss-reactive ketones (excluding diaryl/α,β-unsaturated/α-hetero) is 1. The van der Waals surface area contributed by atoms with Crippen LogP contribution in [-0.4, -0.2) is 29.3 Å². The number of hydrogen-bond acceptors (Lipinski definition) is 2. The van der Waals surface area contributed by atoms with Gasteiger partial charge in [0.15, 0.2) is 5.78 Å². The fourth-order valence-electron chi connectivity index (χ4n) is 2.57. The molecular weight excluding hydrogens is 293 g/mol. The number of carbonyl (C=O) groups excluding carboxylic acids is 1. The van der Waals surface area contributed by atoms with Gasteiger partial charge in [0.05, 0.1) is 5.54 Å². The average Bonchev–Trinajstić information content (AvgIpc) is 2.43. The van der Waals surface area contributed by atoms with Gasteiger partial charge in [0.1, 0.15) is 0 Å². The SMILES string of the molecule is CCN(CC)C(C)(CC)C(=O)Cc1c(Cl)cccc1Cl. The number of rotatable bonds is 7. The van der Waals surface area contributed by atoms with Crippen molar-refractivity contribution in [1.29, 1.82) is 0 Å². The predicted molar refractivity (Wildman–Crippen MR) is 86.8 cm³/mol. The molecule has 20 heavy (non-hydrogen) atoms. The molecule has 0 aromatic heterocycles. The summed E-state index contributed by atoms with van der Waals surface area (Å²) in [4.78, 5) is 15.0. The number of likely N-dealkylation sites (N-methyl/N-ethyl adjacent to an activating group) is 1. The molecule has 0 aliphatic carbocycles. The molecule has 0 N–H and O–H groups in total. The van der Waals surface area contributed by atoms with Crippen LogP contribution in [-0.2, 0) is 11.2 Å². The van der Waals surface area contributed by atoms with E-state index in [0.29, 0.717) is 10.0 Å². The van der Waals surface area contributed by atoms with E-state index in [-0.39, 0.29) is 12.2 Å². The Labute approximate surface area is 132 Å². The van der Waals surface area contributed by atoms with Crippen LogP contribution in [0.25, 0.3) is 0 Å². The fraction of sp³-hybridized carbons (Fsp3) is 0.562. The second kappa shape index (κ2) is 7.44. The van der Waals surface area contributed by atoms with Gasteiger partial charge in [-0.2, -0.15) is 0 Å². The summed E-state index contributed by atoms with van der Waals surface area (Å²) < 4.78 is 0. The molecule has 0 saturated heterocycles. The highest BCUT2D eigenvalue weighted by Crippen LogP contribution is 2.28. The summed E-state index contributed by atoms with van der Waals surface area (Å²) in [6.07, 6.45) is 1.05. The van der Waals surface area contributed by atoms with Crippen molar-refractivity contribution in [2.75, 3.05) is 13.1 Å². The van der Waals surface area contributed by atoms with Gasteiger partial charge in [-0.15, -0.1) is 0 Å². The van der Waals surface area contributed by atoms with Crippen LogP contribution in [0.15, 0.2) is 18.2 Å². The molecule has 1 rings (SSSR count). The molecule has 1 unspecified atom stereocenters. The Kier molecular flexibility index (Phi) is 6.50. The minimum atomic E-state index is -0.466. The summed E-state index contributed by atoms with van der Waals surface area (Å²) in [5, 5.41) is 1.12. The molecule has 0 fully saturated rings. The first-order chi connectivity index (χ1) is 9.40. The number of carbonyl (C=O) groups is 1. The number of nitrogens with zero attached hydrogens (tertiary/aromatic N) is 1. The lowest BCUT2D eigenvalue weighted by molar-refractivity contribution is -0.129. The second-order valence-corrected chi connectivity index (χ2v) is 5.91. The molecular formula is C16H23Cl2NO. The van der Waals surface area contributed by atoms with Gasteiger partial charge in [-0.25, -0.2) is 0 Å². The molecule has 1 atom stereocenters. The minimum absolute atomic E-state index is 0.165. The third kappa shape index (κ3) is 3.55. The van der Waals surface area contributed by atoms with Crippen LogP contribution >= 0.6 is 23.2 Å². The lowest BCUT2D eigenvalue weighted by Gasteiger charge is -2.38. The van der Waals surface area contributed by atoms with E-state index in [1.54, 1.807) is 18.2 Å². The van der Waals surface area contributed by atoms with Crippen LogP contribution in [0.3, 0.4) is 0 Å². The summed E-state index contributed by atoms with van der Waals surface area (Å²) >= 11 is 12.3. The monoisotopic (exact) mass is 315 g/mol. The zero-order valence-corrected chi connectivity index (χ0v) is 14.2. The number of ketones is 1. The fourth-order valence-corrected chi connectivity index (χ4v) is 3.10. The first-order valence-corrected chi connectivity index (χ1v) is 7.87. The van der Waals surface area contributed by atoms with E-state index in [2.05, 4.69) is 18.7 Å². The maximum Gasteiger partial charge on any atom is 0.157 e. The number of benzene rings is 1. The molecule has 0 radical (unpaired) electrons. The molecule has 0 spiro atoms. The van der Waals surface area contributed by atoms with Gasteiger partial charge in [-0.3, -0.25) is 9.69 Å². The molecule has 0 heterocycles. The van der Waals surface area contributed by atoms with Crippen molar-refractivity contribution in [3.8, 4) is 0 Å². The largest absolute Gasteiger partial charge is 0.297 e. The van der Waals surface area contributed by atoms with Crippen LogP contribution in [0.4, 0.5) is 0 Å². The summed E-state index contributed by atoms with van der Waals surface area (Å²) in [7, 11) is 0. The lowest BCUT2D eigenvalue weighted by atomic mass is 9.87. The first-order valence-electron chi connectivity index (χ1n) is 7.11. The zero-order valence-electron chi connectivity index (χ0n) is 12.7. The molecule has 4 heteroatoms. The van der Waals surface area contributed by atoms with Crippen molar-refractivity contribution >= 4 is 29.0 Å². The molecule has 1 aromatic carbocycles. The predicted octanol–water partition coefficient (Wildman–Crippen LogP) is 4.62.